The van der Waals surface area contributed by atoms with Crippen LogP contribution in [-0.4, -0.2) is 29.3 Å². The third-order valence-corrected chi connectivity index (χ3v) is 4.20. The Bertz CT molecular complexity index is 729. The number of carbonyl (C=O) groups is 2. The topological polar surface area (TPSA) is 49.4 Å². The lowest BCUT2D eigenvalue weighted by atomic mass is 10.1. The minimum absolute atomic E-state index is 0.107. The van der Waals surface area contributed by atoms with Crippen LogP contribution in [0.1, 0.15) is 13.3 Å². The van der Waals surface area contributed by atoms with Gasteiger partial charge in [-0.05, 0) is 42.0 Å². The van der Waals surface area contributed by atoms with Crippen molar-refractivity contribution >= 4 is 44.2 Å². The maximum Gasteiger partial charge on any atom is 0.252 e. The van der Waals surface area contributed by atoms with Crippen LogP contribution >= 0.6 is 15.9 Å². The Hall–Kier alpha value is -1.88. The van der Waals surface area contributed by atoms with Gasteiger partial charge < -0.3 is 5.32 Å². The van der Waals surface area contributed by atoms with Crippen LogP contribution in [0.25, 0.3) is 10.8 Å². The van der Waals surface area contributed by atoms with E-state index in [1.54, 1.807) is 0 Å². The van der Waals surface area contributed by atoms with Crippen LogP contribution in [0.4, 0.5) is 5.69 Å². The molecular formula is C16H15BrN2O2. The van der Waals surface area contributed by atoms with Crippen molar-refractivity contribution in [2.75, 3.05) is 11.9 Å². The standard InChI is InChI=1S/C16H15BrN2O2/c1-2-19-15(20)9-14(16(19)21)18-13-6-4-10-7-12(17)5-3-11(10)8-13/h3-8,14,18H,2,9H2,1H3. The average Bonchev–Trinajstić information content (AvgIpc) is 2.73. The summed E-state index contributed by atoms with van der Waals surface area (Å²) in [4.78, 5) is 25.1. The number of nitrogens with one attached hydrogen (secondary N) is 1. The van der Waals surface area contributed by atoms with E-state index in [-0.39, 0.29) is 18.2 Å². The molecule has 0 aromatic heterocycles. The first-order valence-electron chi connectivity index (χ1n) is 6.88. The molecule has 21 heavy (non-hydrogen) atoms. The molecule has 108 valence electrons. The molecule has 1 atom stereocenters. The summed E-state index contributed by atoms with van der Waals surface area (Å²) in [5.41, 5.74) is 0.855. The molecule has 0 saturated carbocycles. The third-order valence-electron chi connectivity index (χ3n) is 3.70. The third kappa shape index (κ3) is 2.65. The van der Waals surface area contributed by atoms with Crippen LogP contribution in [0.3, 0.4) is 0 Å². The van der Waals surface area contributed by atoms with Gasteiger partial charge in [0.1, 0.15) is 6.04 Å². The van der Waals surface area contributed by atoms with Gasteiger partial charge in [0.25, 0.3) is 5.91 Å². The molecular weight excluding hydrogens is 332 g/mol. The molecule has 0 radical (unpaired) electrons. The quantitative estimate of drug-likeness (QED) is 0.868. The number of hydrogen-bond donors (Lipinski definition) is 1. The summed E-state index contributed by atoms with van der Waals surface area (Å²) in [6.07, 6.45) is 0.227. The summed E-state index contributed by atoms with van der Waals surface area (Å²) in [5.74, 6) is -0.247. The number of rotatable bonds is 3. The van der Waals surface area contributed by atoms with Gasteiger partial charge >= 0.3 is 0 Å². The number of nitrogens with zero attached hydrogens (tertiary/aromatic N) is 1. The van der Waals surface area contributed by atoms with Gasteiger partial charge in [-0.3, -0.25) is 14.5 Å². The highest BCUT2D eigenvalue weighted by Crippen LogP contribution is 2.25. The number of imide groups is 1. The lowest BCUT2D eigenvalue weighted by Gasteiger charge is -2.14. The Balaban J connectivity index is 1.84. The van der Waals surface area contributed by atoms with Crippen LogP contribution in [-0.2, 0) is 9.59 Å². The first-order valence-corrected chi connectivity index (χ1v) is 7.68. The van der Waals surface area contributed by atoms with Crippen LogP contribution < -0.4 is 5.32 Å². The lowest BCUT2D eigenvalue weighted by Crippen LogP contribution is -2.34. The highest BCUT2D eigenvalue weighted by Gasteiger charge is 2.37. The smallest absolute Gasteiger partial charge is 0.252 e. The summed E-state index contributed by atoms with van der Waals surface area (Å²) in [7, 11) is 0. The number of halogens is 1. The molecule has 5 heteroatoms. The molecule has 1 unspecified atom stereocenters. The minimum atomic E-state index is -0.453. The monoisotopic (exact) mass is 346 g/mol. The number of likely N-dealkylation sites (N-methyl/N-ethyl adjacent to an activating group) is 1. The van der Waals surface area contributed by atoms with Crippen molar-refractivity contribution in [1.82, 2.24) is 4.90 Å². The molecule has 2 aromatic carbocycles. The van der Waals surface area contributed by atoms with E-state index in [0.29, 0.717) is 6.54 Å². The first kappa shape index (κ1) is 14.1. The van der Waals surface area contributed by atoms with Crippen molar-refractivity contribution in [3.8, 4) is 0 Å². The first-order chi connectivity index (χ1) is 10.1. The average molecular weight is 347 g/mol. The van der Waals surface area contributed by atoms with Gasteiger partial charge in [-0.2, -0.15) is 0 Å². The molecule has 2 aromatic rings. The van der Waals surface area contributed by atoms with Crippen molar-refractivity contribution in [3.63, 3.8) is 0 Å². The van der Waals surface area contributed by atoms with Gasteiger partial charge in [0.15, 0.2) is 0 Å². The van der Waals surface area contributed by atoms with Gasteiger partial charge in [-0.1, -0.05) is 28.1 Å². The van der Waals surface area contributed by atoms with Crippen molar-refractivity contribution < 1.29 is 9.59 Å². The molecule has 2 amide bonds. The second kappa shape index (κ2) is 5.48. The maximum absolute atomic E-state index is 12.1. The Morgan fingerprint density at radius 3 is 2.62 bits per heavy atom. The Morgan fingerprint density at radius 1 is 1.19 bits per heavy atom. The van der Waals surface area contributed by atoms with Crippen LogP contribution in [0, 0.1) is 0 Å². The molecule has 0 aliphatic carbocycles. The zero-order valence-corrected chi connectivity index (χ0v) is 13.2. The van der Waals surface area contributed by atoms with Gasteiger partial charge in [-0.15, -0.1) is 0 Å². The molecule has 1 aliphatic heterocycles. The van der Waals surface area contributed by atoms with E-state index in [2.05, 4.69) is 21.2 Å². The fraction of sp³-hybridized carbons (Fsp3) is 0.250. The molecule has 4 nitrogen and oxygen atoms in total. The van der Waals surface area contributed by atoms with E-state index >= 15 is 0 Å². The molecule has 1 aliphatic rings. The lowest BCUT2D eigenvalue weighted by molar-refractivity contribution is -0.138. The highest BCUT2D eigenvalue weighted by atomic mass is 79.9. The number of anilines is 1. The Kier molecular flexibility index (Phi) is 3.68. The van der Waals surface area contributed by atoms with Gasteiger partial charge in [0.2, 0.25) is 5.91 Å². The van der Waals surface area contributed by atoms with E-state index in [1.807, 2.05) is 43.3 Å². The summed E-state index contributed by atoms with van der Waals surface area (Å²) in [6, 6.07) is 11.5. The van der Waals surface area contributed by atoms with Crippen LogP contribution in [0.2, 0.25) is 0 Å². The number of amides is 2. The predicted octanol–water partition coefficient (Wildman–Crippen LogP) is 3.16. The van der Waals surface area contributed by atoms with Crippen LogP contribution in [0.15, 0.2) is 40.9 Å². The molecule has 1 saturated heterocycles. The number of carbonyl (C=O) groups excluding carboxylic acids is 2. The van der Waals surface area contributed by atoms with Crippen molar-refractivity contribution in [3.05, 3.63) is 40.9 Å². The normalized spacial score (nSPS) is 18.6. The van der Waals surface area contributed by atoms with Gasteiger partial charge in [0.05, 0.1) is 6.42 Å². The highest BCUT2D eigenvalue weighted by molar-refractivity contribution is 9.10. The second-order valence-electron chi connectivity index (χ2n) is 5.08. The van der Waals surface area contributed by atoms with E-state index < -0.39 is 6.04 Å². The fourth-order valence-corrected chi connectivity index (χ4v) is 3.01. The molecule has 0 spiro atoms. The van der Waals surface area contributed by atoms with E-state index in [1.165, 1.54) is 4.90 Å². The van der Waals surface area contributed by atoms with E-state index in [9.17, 15) is 9.59 Å². The summed E-state index contributed by atoms with van der Waals surface area (Å²) >= 11 is 3.45. The molecule has 0 bridgehead atoms. The predicted molar refractivity (Wildman–Crippen MR) is 86.1 cm³/mol. The van der Waals surface area contributed by atoms with E-state index in [4.69, 9.17) is 0 Å². The second-order valence-corrected chi connectivity index (χ2v) is 6.00. The Morgan fingerprint density at radius 2 is 1.90 bits per heavy atom. The number of fused-ring (bicyclic) bond motifs is 1. The van der Waals surface area contributed by atoms with Crippen molar-refractivity contribution in [1.29, 1.82) is 0 Å². The molecule has 1 fully saturated rings. The van der Waals surface area contributed by atoms with Gasteiger partial charge in [-0.25, -0.2) is 0 Å². The Labute approximate surface area is 131 Å². The van der Waals surface area contributed by atoms with Gasteiger partial charge in [0, 0.05) is 16.7 Å². The fourth-order valence-electron chi connectivity index (χ4n) is 2.64. The summed E-state index contributed by atoms with van der Waals surface area (Å²) in [5, 5.41) is 5.38. The molecule has 3 rings (SSSR count). The number of likely N-dealkylation sites (tertiary alicyclic amines) is 1. The zero-order valence-electron chi connectivity index (χ0n) is 11.6. The van der Waals surface area contributed by atoms with Crippen molar-refractivity contribution in [2.45, 2.75) is 19.4 Å². The van der Waals surface area contributed by atoms with Crippen LogP contribution in [0.5, 0.6) is 0 Å². The largest absolute Gasteiger partial charge is 0.373 e. The van der Waals surface area contributed by atoms with E-state index in [0.717, 1.165) is 20.9 Å². The molecule has 1 N–H and O–H groups in total. The molecule has 1 heterocycles. The maximum atomic E-state index is 12.1. The van der Waals surface area contributed by atoms with Crippen molar-refractivity contribution in [2.24, 2.45) is 0 Å². The SMILES string of the molecule is CCN1C(=O)CC(Nc2ccc3cc(Br)ccc3c2)C1=O. The number of benzene rings is 2. The number of hydrogen-bond acceptors (Lipinski definition) is 3. The zero-order chi connectivity index (χ0) is 15.0. The minimum Gasteiger partial charge on any atom is -0.373 e. The summed E-state index contributed by atoms with van der Waals surface area (Å²) in [6.45, 7) is 2.24. The summed E-state index contributed by atoms with van der Waals surface area (Å²) < 4.78 is 1.03.